The highest BCUT2D eigenvalue weighted by Crippen LogP contribution is 2.25. The van der Waals surface area contributed by atoms with E-state index in [9.17, 15) is 4.79 Å². The topological polar surface area (TPSA) is 97.1 Å². The van der Waals surface area contributed by atoms with Crippen LogP contribution in [-0.2, 0) is 11.3 Å². The van der Waals surface area contributed by atoms with Crippen molar-refractivity contribution in [2.45, 2.75) is 25.6 Å². The van der Waals surface area contributed by atoms with E-state index in [4.69, 9.17) is 10.5 Å². The second-order valence-corrected chi connectivity index (χ2v) is 8.03. The molecule has 1 aliphatic rings. The Morgan fingerprint density at radius 1 is 1.03 bits per heavy atom. The van der Waals surface area contributed by atoms with Gasteiger partial charge in [-0.05, 0) is 24.5 Å². The Morgan fingerprint density at radius 2 is 1.72 bits per heavy atom. The molecule has 162 valence electrons. The van der Waals surface area contributed by atoms with Crippen molar-refractivity contribution >= 4 is 22.8 Å². The van der Waals surface area contributed by atoms with Crippen LogP contribution in [-0.4, -0.2) is 45.0 Å². The van der Waals surface area contributed by atoms with Gasteiger partial charge in [0.15, 0.2) is 5.82 Å². The van der Waals surface area contributed by atoms with E-state index in [1.807, 2.05) is 53.4 Å². The maximum atomic E-state index is 13.1. The van der Waals surface area contributed by atoms with E-state index in [1.165, 1.54) is 0 Å². The number of amides is 1. The van der Waals surface area contributed by atoms with Gasteiger partial charge in [0, 0.05) is 18.7 Å². The number of hydrogen-bond acceptors (Lipinski definition) is 5. The molecule has 3 N–H and O–H groups in total. The molecular formula is C25H25N5O2. The molecule has 3 heterocycles. The SMILES string of the molecule is Nc1nc(-c2ccccc2)nc2[nH]c(C(=O)N3CCC(OCc4ccccc4)CC3)cc12. The van der Waals surface area contributed by atoms with Crippen molar-refractivity contribution in [3.8, 4) is 11.4 Å². The number of nitrogens with two attached hydrogens (primary N) is 1. The van der Waals surface area contributed by atoms with Gasteiger partial charge in [-0.15, -0.1) is 0 Å². The molecule has 2 aromatic heterocycles. The lowest BCUT2D eigenvalue weighted by Gasteiger charge is -2.31. The lowest BCUT2D eigenvalue weighted by atomic mass is 10.1. The molecule has 7 heteroatoms. The Hall–Kier alpha value is -3.71. The van der Waals surface area contributed by atoms with Gasteiger partial charge in [0.05, 0.1) is 18.1 Å². The third kappa shape index (κ3) is 4.20. The number of nitrogens with zero attached hydrogens (tertiary/aromatic N) is 3. The van der Waals surface area contributed by atoms with Crippen LogP contribution in [0.15, 0.2) is 66.7 Å². The van der Waals surface area contributed by atoms with Gasteiger partial charge in [0.25, 0.3) is 5.91 Å². The summed E-state index contributed by atoms with van der Waals surface area (Å²) in [5, 5.41) is 0.661. The van der Waals surface area contributed by atoms with Gasteiger partial charge in [-0.1, -0.05) is 60.7 Å². The average Bonchev–Trinajstić information content (AvgIpc) is 3.29. The number of likely N-dealkylation sites (tertiary alicyclic amines) is 1. The number of rotatable bonds is 5. The van der Waals surface area contributed by atoms with Crippen molar-refractivity contribution < 1.29 is 9.53 Å². The molecule has 0 radical (unpaired) electrons. The summed E-state index contributed by atoms with van der Waals surface area (Å²) >= 11 is 0. The van der Waals surface area contributed by atoms with Crippen molar-refractivity contribution in [3.05, 3.63) is 78.0 Å². The number of H-pyrrole nitrogens is 1. The number of benzene rings is 2. The first-order valence-electron chi connectivity index (χ1n) is 10.8. The van der Waals surface area contributed by atoms with E-state index in [1.54, 1.807) is 6.07 Å². The lowest BCUT2D eigenvalue weighted by Crippen LogP contribution is -2.41. The Labute approximate surface area is 186 Å². The number of hydrogen-bond donors (Lipinski definition) is 2. The Balaban J connectivity index is 1.25. The molecule has 0 atom stereocenters. The second kappa shape index (κ2) is 8.80. The van der Waals surface area contributed by atoms with E-state index in [0.29, 0.717) is 48.1 Å². The van der Waals surface area contributed by atoms with Crippen LogP contribution < -0.4 is 5.73 Å². The molecule has 32 heavy (non-hydrogen) atoms. The summed E-state index contributed by atoms with van der Waals surface area (Å²) < 4.78 is 6.04. The molecule has 7 nitrogen and oxygen atoms in total. The van der Waals surface area contributed by atoms with Crippen LogP contribution in [0.2, 0.25) is 0 Å². The van der Waals surface area contributed by atoms with Crippen LogP contribution >= 0.6 is 0 Å². The standard InChI is InChI=1S/C25H25N5O2/c26-22-20-15-21(27-24(20)29-23(28-22)18-9-5-2-6-10-18)25(31)30-13-11-19(12-14-30)32-16-17-7-3-1-4-8-17/h1-10,15,19H,11-14,16H2,(H3,26,27,28,29). The van der Waals surface area contributed by atoms with E-state index in [-0.39, 0.29) is 12.0 Å². The van der Waals surface area contributed by atoms with Crippen molar-refractivity contribution in [1.82, 2.24) is 19.9 Å². The predicted molar refractivity (Wildman–Crippen MR) is 124 cm³/mol. The van der Waals surface area contributed by atoms with Gasteiger partial charge in [-0.25, -0.2) is 9.97 Å². The van der Waals surface area contributed by atoms with Crippen molar-refractivity contribution in [2.24, 2.45) is 0 Å². The van der Waals surface area contributed by atoms with E-state index in [2.05, 4.69) is 27.1 Å². The zero-order valence-corrected chi connectivity index (χ0v) is 17.7. The maximum absolute atomic E-state index is 13.1. The van der Waals surface area contributed by atoms with Crippen LogP contribution in [0.25, 0.3) is 22.4 Å². The Kier molecular flexibility index (Phi) is 5.56. The molecule has 2 aromatic carbocycles. The molecule has 0 unspecified atom stereocenters. The van der Waals surface area contributed by atoms with Crippen LogP contribution in [0.4, 0.5) is 5.82 Å². The largest absolute Gasteiger partial charge is 0.383 e. The number of fused-ring (bicyclic) bond motifs is 1. The number of nitrogen functional groups attached to an aromatic ring is 1. The number of aromatic nitrogens is 3. The van der Waals surface area contributed by atoms with Gasteiger partial charge in [0.1, 0.15) is 17.2 Å². The van der Waals surface area contributed by atoms with E-state index in [0.717, 1.165) is 24.0 Å². The van der Waals surface area contributed by atoms with Crippen LogP contribution in [0.1, 0.15) is 28.9 Å². The summed E-state index contributed by atoms with van der Waals surface area (Å²) in [5.41, 5.74) is 9.27. The Bertz CT molecular complexity index is 1220. The zero-order valence-electron chi connectivity index (χ0n) is 17.7. The molecule has 0 bridgehead atoms. The van der Waals surface area contributed by atoms with Crippen molar-refractivity contribution in [1.29, 1.82) is 0 Å². The van der Waals surface area contributed by atoms with Gasteiger partial charge >= 0.3 is 0 Å². The normalized spacial score (nSPS) is 14.7. The smallest absolute Gasteiger partial charge is 0.270 e. The fourth-order valence-corrected chi connectivity index (χ4v) is 4.05. The third-order valence-electron chi connectivity index (χ3n) is 5.84. The first-order valence-corrected chi connectivity index (χ1v) is 10.8. The van der Waals surface area contributed by atoms with Gasteiger partial charge in [-0.3, -0.25) is 4.79 Å². The highest BCUT2D eigenvalue weighted by molar-refractivity contribution is 6.00. The average molecular weight is 428 g/mol. The fraction of sp³-hybridized carbons (Fsp3) is 0.240. The monoisotopic (exact) mass is 427 g/mol. The number of nitrogens with one attached hydrogen (secondary N) is 1. The summed E-state index contributed by atoms with van der Waals surface area (Å²) in [4.78, 5) is 27.1. The van der Waals surface area contributed by atoms with Gasteiger partial charge < -0.3 is 20.4 Å². The highest BCUT2D eigenvalue weighted by atomic mass is 16.5. The summed E-state index contributed by atoms with van der Waals surface area (Å²) in [7, 11) is 0. The van der Waals surface area contributed by atoms with E-state index < -0.39 is 0 Å². The quantitative estimate of drug-likeness (QED) is 0.501. The molecule has 4 aromatic rings. The number of anilines is 1. The molecule has 0 saturated carbocycles. The van der Waals surface area contributed by atoms with Crippen LogP contribution in [0, 0.1) is 0 Å². The summed E-state index contributed by atoms with van der Waals surface area (Å²) in [5.74, 6) is 0.843. The Morgan fingerprint density at radius 3 is 2.44 bits per heavy atom. The second-order valence-electron chi connectivity index (χ2n) is 8.03. The van der Waals surface area contributed by atoms with Gasteiger partial charge in [-0.2, -0.15) is 0 Å². The molecule has 5 rings (SSSR count). The minimum atomic E-state index is -0.0508. The zero-order chi connectivity index (χ0) is 21.9. The van der Waals surface area contributed by atoms with Crippen molar-refractivity contribution in [3.63, 3.8) is 0 Å². The third-order valence-corrected chi connectivity index (χ3v) is 5.84. The number of piperidine rings is 1. The number of carbonyl (C=O) groups excluding carboxylic acids is 1. The van der Waals surface area contributed by atoms with Crippen molar-refractivity contribution in [2.75, 3.05) is 18.8 Å². The lowest BCUT2D eigenvalue weighted by molar-refractivity contribution is -0.000489. The summed E-state index contributed by atoms with van der Waals surface area (Å²) in [6, 6.07) is 21.6. The fourth-order valence-electron chi connectivity index (χ4n) is 4.05. The molecule has 1 aliphatic heterocycles. The summed E-state index contributed by atoms with van der Waals surface area (Å²) in [6.45, 7) is 1.91. The van der Waals surface area contributed by atoms with E-state index >= 15 is 0 Å². The molecule has 1 saturated heterocycles. The number of ether oxygens (including phenoxy) is 1. The summed E-state index contributed by atoms with van der Waals surface area (Å²) in [6.07, 6.45) is 1.80. The van der Waals surface area contributed by atoms with Gasteiger partial charge in [0.2, 0.25) is 0 Å². The maximum Gasteiger partial charge on any atom is 0.270 e. The van der Waals surface area contributed by atoms with Crippen LogP contribution in [0.5, 0.6) is 0 Å². The minimum Gasteiger partial charge on any atom is -0.383 e. The van der Waals surface area contributed by atoms with Crippen LogP contribution in [0.3, 0.4) is 0 Å². The first kappa shape index (κ1) is 20.2. The first-order chi connectivity index (χ1) is 15.7. The minimum absolute atomic E-state index is 0.0508. The molecule has 0 spiro atoms. The molecule has 1 amide bonds. The number of carbonyl (C=O) groups is 1. The molecule has 0 aliphatic carbocycles. The molecular weight excluding hydrogens is 402 g/mol. The number of aromatic amines is 1. The predicted octanol–water partition coefficient (Wildman–Crippen LogP) is 4.03. The molecule has 1 fully saturated rings. The highest BCUT2D eigenvalue weighted by Gasteiger charge is 2.25.